The van der Waals surface area contributed by atoms with Crippen molar-refractivity contribution in [2.24, 2.45) is 5.92 Å². The quantitative estimate of drug-likeness (QED) is 0.414. The average Bonchev–Trinajstić information content (AvgIpc) is 3.35. The minimum atomic E-state index is -0.308. The number of benzene rings is 2. The second-order valence-electron chi connectivity index (χ2n) is 10.5. The van der Waals surface area contributed by atoms with Crippen LogP contribution in [0.15, 0.2) is 60.0 Å². The number of aromatic nitrogens is 1. The molecule has 0 radical (unpaired) electrons. The number of carbonyl (C=O) groups excluding carboxylic acids is 3. The van der Waals surface area contributed by atoms with E-state index in [1.54, 1.807) is 17.0 Å². The zero-order valence-corrected chi connectivity index (χ0v) is 23.7. The van der Waals surface area contributed by atoms with Gasteiger partial charge in [-0.15, -0.1) is 11.3 Å². The highest BCUT2D eigenvalue weighted by molar-refractivity contribution is 7.13. The Morgan fingerprint density at radius 1 is 1.00 bits per heavy atom. The van der Waals surface area contributed by atoms with Crippen molar-refractivity contribution in [3.8, 4) is 0 Å². The molecule has 1 N–H and O–H groups in total. The number of nitrogens with zero attached hydrogens (tertiary/aromatic N) is 4. The topological polar surface area (TPSA) is 85.8 Å². The Morgan fingerprint density at radius 2 is 1.69 bits per heavy atom. The molecule has 3 amide bonds. The predicted molar refractivity (Wildman–Crippen MR) is 155 cm³/mol. The average molecular weight is 548 g/mol. The van der Waals surface area contributed by atoms with E-state index < -0.39 is 0 Å². The van der Waals surface area contributed by atoms with Gasteiger partial charge in [-0.1, -0.05) is 61.9 Å². The van der Waals surface area contributed by atoms with Crippen molar-refractivity contribution in [3.05, 3.63) is 82.4 Å². The molecule has 0 atom stereocenters. The van der Waals surface area contributed by atoms with E-state index >= 15 is 0 Å². The molecule has 0 spiro atoms. The predicted octanol–water partition coefficient (Wildman–Crippen LogP) is 4.08. The first-order valence-electron chi connectivity index (χ1n) is 13.4. The van der Waals surface area contributed by atoms with Crippen LogP contribution in [0.25, 0.3) is 0 Å². The minimum absolute atomic E-state index is 0.0457. The summed E-state index contributed by atoms with van der Waals surface area (Å²) in [5.74, 6) is -0.222. The lowest BCUT2D eigenvalue weighted by atomic mass is 10.1. The largest absolute Gasteiger partial charge is 0.340 e. The van der Waals surface area contributed by atoms with Crippen LogP contribution in [0, 0.1) is 12.8 Å². The van der Waals surface area contributed by atoms with Gasteiger partial charge in [-0.2, -0.15) is 0 Å². The third-order valence-electron chi connectivity index (χ3n) is 6.61. The van der Waals surface area contributed by atoms with Gasteiger partial charge in [-0.05, 0) is 30.5 Å². The van der Waals surface area contributed by atoms with Gasteiger partial charge in [0.15, 0.2) is 5.13 Å². The third kappa shape index (κ3) is 8.46. The van der Waals surface area contributed by atoms with Gasteiger partial charge in [-0.25, -0.2) is 4.98 Å². The number of nitrogens with one attached hydrogen (secondary N) is 1. The molecule has 39 heavy (non-hydrogen) atoms. The zero-order chi connectivity index (χ0) is 27.8. The van der Waals surface area contributed by atoms with Gasteiger partial charge in [0.05, 0.1) is 12.1 Å². The van der Waals surface area contributed by atoms with Gasteiger partial charge in [0.25, 0.3) is 5.91 Å². The smallest absolute Gasteiger partial charge is 0.254 e. The van der Waals surface area contributed by atoms with Gasteiger partial charge >= 0.3 is 0 Å². The molecule has 0 bridgehead atoms. The van der Waals surface area contributed by atoms with Crippen molar-refractivity contribution in [2.75, 3.05) is 44.6 Å². The number of thiazole rings is 1. The molecular formula is C30H37N5O3S. The number of hydrogen-bond donors (Lipinski definition) is 1. The molecule has 0 aliphatic carbocycles. The van der Waals surface area contributed by atoms with E-state index in [1.807, 2.05) is 61.4 Å². The maximum Gasteiger partial charge on any atom is 0.254 e. The third-order valence-corrected chi connectivity index (χ3v) is 7.42. The van der Waals surface area contributed by atoms with Gasteiger partial charge in [0.1, 0.15) is 6.54 Å². The second-order valence-corrected chi connectivity index (χ2v) is 11.3. The number of carbonyl (C=O) groups is 3. The molecule has 0 saturated carbocycles. The van der Waals surface area contributed by atoms with E-state index in [0.29, 0.717) is 36.0 Å². The van der Waals surface area contributed by atoms with Crippen LogP contribution in [0.5, 0.6) is 0 Å². The van der Waals surface area contributed by atoms with Crippen LogP contribution in [0.4, 0.5) is 5.13 Å². The summed E-state index contributed by atoms with van der Waals surface area (Å²) in [5, 5.41) is 5.05. The monoisotopic (exact) mass is 547 g/mol. The highest BCUT2D eigenvalue weighted by atomic mass is 32.1. The summed E-state index contributed by atoms with van der Waals surface area (Å²) >= 11 is 1.29. The summed E-state index contributed by atoms with van der Waals surface area (Å²) in [5.41, 5.74) is 3.55. The fourth-order valence-electron chi connectivity index (χ4n) is 4.58. The molecule has 2 heterocycles. The Balaban J connectivity index is 1.26. The van der Waals surface area contributed by atoms with Crippen LogP contribution in [0.3, 0.4) is 0 Å². The molecular weight excluding hydrogens is 510 g/mol. The summed E-state index contributed by atoms with van der Waals surface area (Å²) in [6.07, 6.45) is 0.205. The van der Waals surface area contributed by atoms with Crippen LogP contribution in [0.2, 0.25) is 0 Å². The summed E-state index contributed by atoms with van der Waals surface area (Å²) in [4.78, 5) is 49.0. The lowest BCUT2D eigenvalue weighted by Crippen LogP contribution is -2.48. The highest BCUT2D eigenvalue weighted by Gasteiger charge is 2.23. The summed E-state index contributed by atoms with van der Waals surface area (Å²) in [6, 6.07) is 17.7. The van der Waals surface area contributed by atoms with Crippen LogP contribution in [-0.4, -0.2) is 76.7 Å². The number of rotatable bonds is 10. The summed E-state index contributed by atoms with van der Waals surface area (Å²) in [7, 11) is 0. The van der Waals surface area contributed by atoms with Gasteiger partial charge in [-0.3, -0.25) is 19.3 Å². The number of amides is 3. The molecule has 1 fully saturated rings. The molecule has 1 aliphatic heterocycles. The molecule has 206 valence electrons. The lowest BCUT2D eigenvalue weighted by molar-refractivity contribution is -0.132. The fourth-order valence-corrected chi connectivity index (χ4v) is 5.31. The number of anilines is 1. The molecule has 4 rings (SSSR count). The van der Waals surface area contributed by atoms with Gasteiger partial charge in [0.2, 0.25) is 11.8 Å². The van der Waals surface area contributed by atoms with Gasteiger partial charge < -0.3 is 15.1 Å². The van der Waals surface area contributed by atoms with Gasteiger partial charge in [0, 0.05) is 50.2 Å². The van der Waals surface area contributed by atoms with Crippen molar-refractivity contribution >= 4 is 34.2 Å². The van der Waals surface area contributed by atoms with E-state index in [1.165, 1.54) is 16.9 Å². The molecule has 1 saturated heterocycles. The first-order chi connectivity index (χ1) is 18.8. The van der Waals surface area contributed by atoms with Crippen molar-refractivity contribution in [2.45, 2.75) is 33.7 Å². The molecule has 1 aliphatic rings. The Morgan fingerprint density at radius 3 is 2.36 bits per heavy atom. The highest BCUT2D eigenvalue weighted by Crippen LogP contribution is 2.18. The number of aryl methyl sites for hydroxylation is 1. The Bertz CT molecular complexity index is 1250. The normalized spacial score (nSPS) is 13.9. The summed E-state index contributed by atoms with van der Waals surface area (Å²) in [6.45, 7) is 10.4. The Hall–Kier alpha value is -3.56. The zero-order valence-electron chi connectivity index (χ0n) is 22.9. The number of piperazine rings is 1. The lowest BCUT2D eigenvalue weighted by Gasteiger charge is -2.34. The van der Waals surface area contributed by atoms with Crippen LogP contribution in [0.1, 0.15) is 41.0 Å². The molecule has 3 aromatic rings. The SMILES string of the molecule is Cc1ccc(C(=O)N(CC(=O)Nc2nc(CC(=O)N3CCN(Cc4ccccc4)CC3)cs2)CC(C)C)cc1. The Kier molecular flexibility index (Phi) is 9.84. The summed E-state index contributed by atoms with van der Waals surface area (Å²) < 4.78 is 0. The van der Waals surface area contributed by atoms with E-state index in [9.17, 15) is 14.4 Å². The molecule has 0 unspecified atom stereocenters. The molecule has 1 aromatic heterocycles. The Labute approximate surface area is 234 Å². The van der Waals surface area contributed by atoms with Crippen molar-refractivity contribution in [1.82, 2.24) is 19.7 Å². The minimum Gasteiger partial charge on any atom is -0.340 e. The maximum absolute atomic E-state index is 13.1. The van der Waals surface area contributed by atoms with Crippen LogP contribution in [-0.2, 0) is 22.6 Å². The first-order valence-corrected chi connectivity index (χ1v) is 14.3. The van der Waals surface area contributed by atoms with Crippen LogP contribution < -0.4 is 5.32 Å². The van der Waals surface area contributed by atoms with E-state index in [-0.39, 0.29) is 36.6 Å². The maximum atomic E-state index is 13.1. The standard InChI is InChI=1S/C30H37N5O3S/c1-22(2)18-35(29(38)25-11-9-23(3)10-12-25)20-27(36)32-30-31-26(21-39-30)17-28(37)34-15-13-33(14-16-34)19-24-7-5-4-6-8-24/h4-12,21-22H,13-20H2,1-3H3,(H,31,32,36). The van der Waals surface area contributed by atoms with Crippen molar-refractivity contribution < 1.29 is 14.4 Å². The van der Waals surface area contributed by atoms with Crippen molar-refractivity contribution in [3.63, 3.8) is 0 Å². The van der Waals surface area contributed by atoms with E-state index in [2.05, 4.69) is 27.3 Å². The van der Waals surface area contributed by atoms with Crippen LogP contribution >= 0.6 is 11.3 Å². The van der Waals surface area contributed by atoms with E-state index in [4.69, 9.17) is 0 Å². The second kappa shape index (κ2) is 13.5. The van der Waals surface area contributed by atoms with E-state index in [0.717, 1.165) is 25.2 Å². The fraction of sp³-hybridized carbons (Fsp3) is 0.400. The molecule has 9 heteroatoms. The van der Waals surface area contributed by atoms with Crippen molar-refractivity contribution in [1.29, 1.82) is 0 Å². The molecule has 2 aromatic carbocycles. The number of hydrogen-bond acceptors (Lipinski definition) is 6. The molecule has 8 nitrogen and oxygen atoms in total. The first kappa shape index (κ1) is 28.4.